The summed E-state index contributed by atoms with van der Waals surface area (Å²) in [6.07, 6.45) is 1.82. The standard InChI is InChI=1S/C9H13NO4/c1-8(10(13)14)5-6-3-2-4-9(8,12)7(6)11/h6,12H,2-5H2,1H3/t6-,8+,9+/m1/s1. The van der Waals surface area contributed by atoms with Gasteiger partial charge in [-0.1, -0.05) is 0 Å². The monoisotopic (exact) mass is 199 g/mol. The Hall–Kier alpha value is -0.970. The highest BCUT2D eigenvalue weighted by Crippen LogP contribution is 2.49. The van der Waals surface area contributed by atoms with Crippen molar-refractivity contribution >= 4 is 5.78 Å². The summed E-state index contributed by atoms with van der Waals surface area (Å²) < 4.78 is 0. The van der Waals surface area contributed by atoms with Gasteiger partial charge in [0, 0.05) is 24.2 Å². The van der Waals surface area contributed by atoms with Crippen LogP contribution >= 0.6 is 0 Å². The molecule has 5 heteroatoms. The molecule has 0 aromatic carbocycles. The number of hydrogen-bond acceptors (Lipinski definition) is 4. The Kier molecular flexibility index (Phi) is 1.73. The highest BCUT2D eigenvalue weighted by atomic mass is 16.6. The zero-order chi connectivity index (χ0) is 10.6. The first-order chi connectivity index (χ1) is 6.42. The number of carbonyl (C=O) groups is 1. The number of nitrogens with zero attached hydrogens (tertiary/aromatic N) is 1. The Balaban J connectivity index is 2.48. The molecule has 3 atom stereocenters. The number of carbonyl (C=O) groups excluding carboxylic acids is 1. The average molecular weight is 199 g/mol. The molecule has 0 aromatic rings. The van der Waals surface area contributed by atoms with Gasteiger partial charge >= 0.3 is 0 Å². The molecule has 2 aliphatic carbocycles. The molecule has 2 rings (SSSR count). The van der Waals surface area contributed by atoms with Gasteiger partial charge in [-0.05, 0) is 19.3 Å². The fourth-order valence-electron chi connectivity index (χ4n) is 2.80. The summed E-state index contributed by atoms with van der Waals surface area (Å²) in [6, 6.07) is 0. The maximum absolute atomic E-state index is 11.7. The second-order valence-electron chi connectivity index (χ2n) is 4.55. The predicted octanol–water partition coefficient (Wildman–Crippen LogP) is 0.526. The summed E-state index contributed by atoms with van der Waals surface area (Å²) in [7, 11) is 0. The van der Waals surface area contributed by atoms with Crippen molar-refractivity contribution in [1.82, 2.24) is 0 Å². The fourth-order valence-corrected chi connectivity index (χ4v) is 2.80. The third kappa shape index (κ3) is 0.855. The van der Waals surface area contributed by atoms with Crippen LogP contribution in [0.4, 0.5) is 0 Å². The third-order valence-electron chi connectivity index (χ3n) is 3.81. The molecule has 0 aromatic heterocycles. The number of nitro groups is 1. The van der Waals surface area contributed by atoms with Gasteiger partial charge in [0.1, 0.15) is 0 Å². The second kappa shape index (κ2) is 2.53. The van der Waals surface area contributed by atoms with Crippen LogP contribution in [0.5, 0.6) is 0 Å². The van der Waals surface area contributed by atoms with Crippen LogP contribution in [-0.2, 0) is 4.79 Å². The van der Waals surface area contributed by atoms with Crippen molar-refractivity contribution in [2.24, 2.45) is 5.92 Å². The van der Waals surface area contributed by atoms with Gasteiger partial charge < -0.3 is 5.11 Å². The van der Waals surface area contributed by atoms with E-state index in [1.165, 1.54) is 6.92 Å². The smallest absolute Gasteiger partial charge is 0.255 e. The van der Waals surface area contributed by atoms with Crippen molar-refractivity contribution in [3.63, 3.8) is 0 Å². The Morgan fingerprint density at radius 2 is 2.29 bits per heavy atom. The minimum atomic E-state index is -1.71. The molecule has 0 heterocycles. The van der Waals surface area contributed by atoms with Gasteiger partial charge in [0.25, 0.3) is 5.54 Å². The number of ketones is 1. The van der Waals surface area contributed by atoms with E-state index >= 15 is 0 Å². The van der Waals surface area contributed by atoms with Gasteiger partial charge in [-0.25, -0.2) is 0 Å². The molecule has 78 valence electrons. The fraction of sp³-hybridized carbons (Fsp3) is 0.889. The molecule has 0 radical (unpaired) electrons. The first-order valence-corrected chi connectivity index (χ1v) is 4.83. The maximum atomic E-state index is 11.7. The van der Waals surface area contributed by atoms with Crippen LogP contribution in [0.15, 0.2) is 0 Å². The number of Topliss-reactive ketones (excluding diaryl/α,β-unsaturated/α-hetero) is 1. The molecule has 5 nitrogen and oxygen atoms in total. The number of rotatable bonds is 1. The summed E-state index contributed by atoms with van der Waals surface area (Å²) in [4.78, 5) is 22.1. The van der Waals surface area contributed by atoms with Gasteiger partial charge in [-0.3, -0.25) is 14.9 Å². The van der Waals surface area contributed by atoms with Crippen LogP contribution in [-0.4, -0.2) is 27.0 Å². The van der Waals surface area contributed by atoms with Crippen molar-refractivity contribution in [1.29, 1.82) is 0 Å². The molecule has 0 spiro atoms. The van der Waals surface area contributed by atoms with Gasteiger partial charge in [-0.15, -0.1) is 0 Å². The molecule has 0 unspecified atom stereocenters. The average Bonchev–Trinajstić information content (AvgIpc) is 2.26. The summed E-state index contributed by atoms with van der Waals surface area (Å²) in [5.41, 5.74) is -3.18. The largest absolute Gasteiger partial charge is 0.375 e. The summed E-state index contributed by atoms with van der Waals surface area (Å²) in [6.45, 7) is 1.39. The van der Waals surface area contributed by atoms with E-state index in [4.69, 9.17) is 0 Å². The second-order valence-corrected chi connectivity index (χ2v) is 4.55. The lowest BCUT2D eigenvalue weighted by atomic mass is 9.78. The highest BCUT2D eigenvalue weighted by Gasteiger charge is 2.70. The number of fused-ring (bicyclic) bond motifs is 2. The topological polar surface area (TPSA) is 80.4 Å². The lowest BCUT2D eigenvalue weighted by molar-refractivity contribution is -0.583. The molecule has 14 heavy (non-hydrogen) atoms. The molecule has 0 aliphatic heterocycles. The molecule has 2 aliphatic rings. The molecule has 1 N–H and O–H groups in total. The van der Waals surface area contributed by atoms with E-state index in [1.807, 2.05) is 0 Å². The van der Waals surface area contributed by atoms with E-state index in [2.05, 4.69) is 0 Å². The Bertz CT molecular complexity index is 314. The number of aliphatic hydroxyl groups is 1. The lowest BCUT2D eigenvalue weighted by Gasteiger charge is -2.31. The Morgan fingerprint density at radius 3 is 2.79 bits per heavy atom. The summed E-state index contributed by atoms with van der Waals surface area (Å²) in [5, 5.41) is 21.0. The van der Waals surface area contributed by atoms with Crippen LogP contribution in [0.3, 0.4) is 0 Å². The van der Waals surface area contributed by atoms with E-state index in [1.54, 1.807) is 0 Å². The van der Waals surface area contributed by atoms with Crippen molar-refractivity contribution in [2.75, 3.05) is 0 Å². The van der Waals surface area contributed by atoms with Gasteiger partial charge in [0.05, 0.1) is 0 Å². The van der Waals surface area contributed by atoms with E-state index in [0.29, 0.717) is 12.8 Å². The zero-order valence-corrected chi connectivity index (χ0v) is 8.02. The third-order valence-corrected chi connectivity index (χ3v) is 3.81. The molecule has 2 fully saturated rings. The molecule has 2 bridgehead atoms. The molecule has 2 saturated carbocycles. The van der Waals surface area contributed by atoms with Crippen LogP contribution < -0.4 is 0 Å². The van der Waals surface area contributed by atoms with Crippen LogP contribution in [0.25, 0.3) is 0 Å². The summed E-state index contributed by atoms with van der Waals surface area (Å²) in [5.74, 6) is -0.618. The first kappa shape index (κ1) is 9.58. The Labute approximate surface area is 81.3 Å². The van der Waals surface area contributed by atoms with Crippen LogP contribution in [0.2, 0.25) is 0 Å². The predicted molar refractivity (Wildman–Crippen MR) is 47.3 cm³/mol. The van der Waals surface area contributed by atoms with E-state index in [9.17, 15) is 20.0 Å². The minimum absolute atomic E-state index is 0.190. The molecule has 0 amide bonds. The van der Waals surface area contributed by atoms with Gasteiger partial charge in [-0.2, -0.15) is 0 Å². The normalized spacial score (nSPS) is 46.7. The van der Waals surface area contributed by atoms with Crippen molar-refractivity contribution in [3.05, 3.63) is 10.1 Å². The Morgan fingerprint density at radius 1 is 1.64 bits per heavy atom. The summed E-state index contributed by atoms with van der Waals surface area (Å²) >= 11 is 0. The molecule has 0 saturated heterocycles. The van der Waals surface area contributed by atoms with Crippen molar-refractivity contribution in [3.8, 4) is 0 Å². The number of hydrogen-bond donors (Lipinski definition) is 1. The highest BCUT2D eigenvalue weighted by molar-refractivity contribution is 5.93. The maximum Gasteiger partial charge on any atom is 0.255 e. The van der Waals surface area contributed by atoms with Crippen LogP contribution in [0.1, 0.15) is 32.6 Å². The SMILES string of the molecule is C[C@]1([N+](=O)[O-])C[C@H]2CCC[C@]1(O)C2=O. The van der Waals surface area contributed by atoms with Gasteiger partial charge in [0.15, 0.2) is 11.4 Å². The van der Waals surface area contributed by atoms with Crippen molar-refractivity contribution in [2.45, 2.75) is 43.7 Å². The van der Waals surface area contributed by atoms with E-state index < -0.39 is 16.1 Å². The van der Waals surface area contributed by atoms with Gasteiger partial charge in [0.2, 0.25) is 0 Å². The quantitative estimate of drug-likeness (QED) is 0.493. The molecular formula is C9H13NO4. The van der Waals surface area contributed by atoms with E-state index in [-0.39, 0.29) is 24.5 Å². The van der Waals surface area contributed by atoms with Crippen molar-refractivity contribution < 1.29 is 14.8 Å². The lowest BCUT2D eigenvalue weighted by Crippen LogP contribution is -2.57. The zero-order valence-electron chi connectivity index (χ0n) is 8.02. The first-order valence-electron chi connectivity index (χ1n) is 4.83. The van der Waals surface area contributed by atoms with Crippen LogP contribution in [0, 0.1) is 16.0 Å². The van der Waals surface area contributed by atoms with E-state index in [0.717, 1.165) is 0 Å². The molecular weight excluding hydrogens is 186 g/mol. The minimum Gasteiger partial charge on any atom is -0.375 e.